The first-order valence-electron chi connectivity index (χ1n) is 4.41. The van der Waals surface area contributed by atoms with Crippen molar-refractivity contribution in [3.05, 3.63) is 27.8 Å². The monoisotopic (exact) mass is 191 g/mol. The van der Waals surface area contributed by atoms with Crippen LogP contribution in [0, 0.1) is 34.6 Å². The molecule has 1 aromatic carbocycles. The van der Waals surface area contributed by atoms with E-state index < -0.39 is 0 Å². The van der Waals surface area contributed by atoms with Gasteiger partial charge in [0, 0.05) is 0 Å². The van der Waals surface area contributed by atoms with Gasteiger partial charge in [0.15, 0.2) is 0 Å². The predicted octanol–water partition coefficient (Wildman–Crippen LogP) is 2.69. The lowest BCUT2D eigenvalue weighted by atomic mass is 9.94. The molecule has 2 heteroatoms. The number of benzene rings is 1. The summed E-state index contributed by atoms with van der Waals surface area (Å²) in [7, 11) is 3.10. The minimum absolute atomic E-state index is 0.956. The first kappa shape index (κ1) is 10.3. The molecular formula is C11H15OSi. The number of rotatable bonds is 1. The van der Waals surface area contributed by atoms with E-state index in [1.807, 2.05) is 0 Å². The van der Waals surface area contributed by atoms with Gasteiger partial charge in [0.2, 0.25) is 0 Å². The Kier molecular flexibility index (Phi) is 2.81. The van der Waals surface area contributed by atoms with Gasteiger partial charge in [-0.1, -0.05) is 0 Å². The molecule has 0 atom stereocenters. The molecule has 69 valence electrons. The zero-order chi connectivity index (χ0) is 10.2. The van der Waals surface area contributed by atoms with E-state index in [0.29, 0.717) is 0 Å². The summed E-state index contributed by atoms with van der Waals surface area (Å²) in [4.78, 5) is 0. The van der Waals surface area contributed by atoms with Crippen LogP contribution in [0.1, 0.15) is 27.8 Å². The van der Waals surface area contributed by atoms with Crippen LogP contribution in [0.4, 0.5) is 0 Å². The van der Waals surface area contributed by atoms with Crippen LogP contribution in [0.25, 0.3) is 0 Å². The van der Waals surface area contributed by atoms with Crippen molar-refractivity contribution in [3.63, 3.8) is 0 Å². The summed E-state index contributed by atoms with van der Waals surface area (Å²) in [5.41, 5.74) is 6.43. The van der Waals surface area contributed by atoms with Crippen LogP contribution >= 0.6 is 0 Å². The Morgan fingerprint density at radius 2 is 1.00 bits per heavy atom. The summed E-state index contributed by atoms with van der Waals surface area (Å²) in [5, 5.41) is 0. The summed E-state index contributed by atoms with van der Waals surface area (Å²) in [6.07, 6.45) is 0. The van der Waals surface area contributed by atoms with E-state index in [2.05, 4.69) is 45.1 Å². The summed E-state index contributed by atoms with van der Waals surface area (Å²) in [5.74, 6) is 0.956. The van der Waals surface area contributed by atoms with E-state index >= 15 is 0 Å². The van der Waals surface area contributed by atoms with Crippen LogP contribution in [0.5, 0.6) is 5.75 Å². The lowest BCUT2D eigenvalue weighted by Crippen LogP contribution is -2.00. The average molecular weight is 191 g/mol. The highest BCUT2D eigenvalue weighted by atomic mass is 28.2. The molecule has 13 heavy (non-hydrogen) atoms. The van der Waals surface area contributed by atoms with Crippen molar-refractivity contribution < 1.29 is 4.43 Å². The first-order chi connectivity index (χ1) is 6.00. The van der Waals surface area contributed by atoms with Crippen LogP contribution in [0.2, 0.25) is 0 Å². The summed E-state index contributed by atoms with van der Waals surface area (Å²) in [6.45, 7) is 10.6. The molecule has 0 aliphatic carbocycles. The van der Waals surface area contributed by atoms with E-state index in [4.69, 9.17) is 4.43 Å². The van der Waals surface area contributed by atoms with Crippen LogP contribution in [-0.4, -0.2) is 10.5 Å². The summed E-state index contributed by atoms with van der Waals surface area (Å²) in [6, 6.07) is 0. The largest absolute Gasteiger partial charge is 0.540 e. The van der Waals surface area contributed by atoms with Gasteiger partial charge in [-0.05, 0) is 62.4 Å². The first-order valence-corrected chi connectivity index (χ1v) is 4.82. The SMILES string of the molecule is Cc1c(C)c(C)c(O[Si])c(C)c1C. The molecule has 1 rings (SSSR count). The lowest BCUT2D eigenvalue weighted by Gasteiger charge is -2.17. The molecule has 0 heterocycles. The van der Waals surface area contributed by atoms with E-state index in [1.54, 1.807) is 0 Å². The highest BCUT2D eigenvalue weighted by Crippen LogP contribution is 2.31. The van der Waals surface area contributed by atoms with Crippen molar-refractivity contribution in [2.45, 2.75) is 34.6 Å². The van der Waals surface area contributed by atoms with Gasteiger partial charge in [0.05, 0.1) is 0 Å². The molecule has 0 bridgehead atoms. The fourth-order valence-electron chi connectivity index (χ4n) is 1.62. The second kappa shape index (κ2) is 3.54. The molecule has 0 aliphatic heterocycles. The van der Waals surface area contributed by atoms with E-state index in [9.17, 15) is 0 Å². The van der Waals surface area contributed by atoms with Gasteiger partial charge in [-0.2, -0.15) is 0 Å². The van der Waals surface area contributed by atoms with Gasteiger partial charge in [-0.25, -0.2) is 0 Å². The van der Waals surface area contributed by atoms with Crippen LogP contribution in [0.15, 0.2) is 0 Å². The van der Waals surface area contributed by atoms with Crippen molar-refractivity contribution in [3.8, 4) is 5.75 Å². The van der Waals surface area contributed by atoms with Gasteiger partial charge in [-0.15, -0.1) is 0 Å². The molecule has 0 aliphatic rings. The molecule has 0 unspecified atom stereocenters. The average Bonchev–Trinajstić information content (AvgIpc) is 2.13. The lowest BCUT2D eigenvalue weighted by molar-refractivity contribution is 0.602. The van der Waals surface area contributed by atoms with Gasteiger partial charge >= 0.3 is 10.5 Å². The molecule has 0 saturated heterocycles. The minimum Gasteiger partial charge on any atom is -0.540 e. The van der Waals surface area contributed by atoms with Gasteiger partial charge in [0.25, 0.3) is 0 Å². The highest BCUT2D eigenvalue weighted by molar-refractivity contribution is 6.00. The maximum Gasteiger partial charge on any atom is 0.341 e. The Labute approximate surface area is 83.7 Å². The Morgan fingerprint density at radius 1 is 0.692 bits per heavy atom. The van der Waals surface area contributed by atoms with E-state index in [0.717, 1.165) is 5.75 Å². The molecular weight excluding hydrogens is 176 g/mol. The molecule has 0 aromatic heterocycles. The molecule has 0 fully saturated rings. The normalized spacial score (nSPS) is 10.3. The standard InChI is InChI=1S/C11H15OSi/c1-6-7(2)9(4)11(12-13)10(5)8(6)3/h1-5H3. The zero-order valence-corrected chi connectivity index (χ0v) is 9.91. The minimum atomic E-state index is 0.956. The quantitative estimate of drug-likeness (QED) is 0.620. The molecule has 3 radical (unpaired) electrons. The Bertz CT molecular complexity index is 313. The van der Waals surface area contributed by atoms with Crippen LogP contribution in [0.3, 0.4) is 0 Å². The second-order valence-corrected chi connectivity index (χ2v) is 3.76. The van der Waals surface area contributed by atoms with Gasteiger partial charge < -0.3 is 4.43 Å². The smallest absolute Gasteiger partial charge is 0.341 e. The number of hydrogen-bond acceptors (Lipinski definition) is 1. The Morgan fingerprint density at radius 3 is 1.31 bits per heavy atom. The van der Waals surface area contributed by atoms with Crippen molar-refractivity contribution in [2.75, 3.05) is 0 Å². The van der Waals surface area contributed by atoms with Crippen LogP contribution < -0.4 is 4.43 Å². The van der Waals surface area contributed by atoms with Gasteiger partial charge in [0.1, 0.15) is 5.75 Å². The molecule has 0 N–H and O–H groups in total. The third-order valence-corrected chi connectivity index (χ3v) is 3.24. The van der Waals surface area contributed by atoms with E-state index in [1.165, 1.54) is 27.8 Å². The fraction of sp³-hybridized carbons (Fsp3) is 0.455. The Hall–Kier alpha value is -0.763. The summed E-state index contributed by atoms with van der Waals surface area (Å²) < 4.78 is 5.20. The molecule has 1 aromatic rings. The number of hydrogen-bond donors (Lipinski definition) is 0. The zero-order valence-electron chi connectivity index (χ0n) is 8.91. The third kappa shape index (κ3) is 1.51. The van der Waals surface area contributed by atoms with Crippen molar-refractivity contribution in [1.29, 1.82) is 0 Å². The van der Waals surface area contributed by atoms with Gasteiger partial charge in [-0.3, -0.25) is 0 Å². The highest BCUT2D eigenvalue weighted by Gasteiger charge is 2.11. The van der Waals surface area contributed by atoms with E-state index in [-0.39, 0.29) is 0 Å². The van der Waals surface area contributed by atoms with Crippen molar-refractivity contribution in [2.24, 2.45) is 0 Å². The van der Waals surface area contributed by atoms with Crippen molar-refractivity contribution >= 4 is 10.5 Å². The Balaban J connectivity index is 3.56. The fourth-order valence-corrected chi connectivity index (χ4v) is 1.92. The van der Waals surface area contributed by atoms with Crippen LogP contribution in [-0.2, 0) is 0 Å². The maximum absolute atomic E-state index is 5.20. The summed E-state index contributed by atoms with van der Waals surface area (Å²) >= 11 is 0. The van der Waals surface area contributed by atoms with Crippen molar-refractivity contribution in [1.82, 2.24) is 0 Å². The third-order valence-electron chi connectivity index (χ3n) is 3.03. The maximum atomic E-state index is 5.20. The second-order valence-electron chi connectivity index (χ2n) is 3.56. The molecule has 0 saturated carbocycles. The molecule has 0 spiro atoms. The molecule has 0 amide bonds. The topological polar surface area (TPSA) is 9.23 Å². The predicted molar refractivity (Wildman–Crippen MR) is 56.5 cm³/mol. The molecule has 1 nitrogen and oxygen atoms in total.